The minimum atomic E-state index is -3.83. The Morgan fingerprint density at radius 1 is 0.870 bits per heavy atom. The van der Waals surface area contributed by atoms with Crippen molar-refractivity contribution in [3.63, 3.8) is 0 Å². The first kappa shape index (κ1) is 23.4. The predicted molar refractivity (Wildman–Crippen MR) is 98.5 cm³/mol. The summed E-state index contributed by atoms with van der Waals surface area (Å²) in [5.41, 5.74) is 0. The molecule has 0 spiro atoms. The third-order valence-corrected chi connectivity index (χ3v) is 5.50. The fourth-order valence-corrected chi connectivity index (χ4v) is 3.64. The Hall–Kier alpha value is 0.389. The molecule has 0 aliphatic heterocycles. The molecule has 0 N–H and O–H groups in total. The van der Waals surface area contributed by atoms with Gasteiger partial charge in [0.15, 0.2) is 0 Å². The van der Waals surface area contributed by atoms with E-state index in [-0.39, 0.29) is 12.7 Å². The Kier molecular flexibility index (Phi) is 16.2. The molecule has 0 rings (SSSR count). The summed E-state index contributed by atoms with van der Waals surface area (Å²) in [6.45, 7) is 4.39. The fourth-order valence-electron chi connectivity index (χ4n) is 2.42. The van der Waals surface area contributed by atoms with Crippen molar-refractivity contribution < 1.29 is 16.8 Å². The van der Waals surface area contributed by atoms with Gasteiger partial charge in [-0.05, 0) is 0 Å². The second-order valence-corrected chi connectivity index (χ2v) is 8.23. The van der Waals surface area contributed by atoms with Crippen LogP contribution in [0.15, 0.2) is 0 Å². The van der Waals surface area contributed by atoms with Crippen LogP contribution in [0.1, 0.15) is 90.9 Å². The molecule has 6 heteroatoms. The number of hydrogen-bond donors (Lipinski definition) is 0. The average Bonchev–Trinajstić information content (AvgIpc) is 2.52. The molecular weight excluding hydrogens is 379 g/mol. The summed E-state index contributed by atoms with van der Waals surface area (Å²) in [6.07, 6.45) is 13.3. The monoisotopic (exact) mass is 416 g/mol. The molecule has 1 unspecified atom stereocenters. The second kappa shape index (κ2) is 15.9. The molecule has 0 radical (unpaired) electrons. The van der Waals surface area contributed by atoms with E-state index in [4.69, 9.17) is 8.37 Å². The van der Waals surface area contributed by atoms with E-state index in [1.54, 1.807) is 0 Å². The summed E-state index contributed by atoms with van der Waals surface area (Å²) in [6, 6.07) is 0. The molecule has 1 atom stereocenters. The van der Waals surface area contributed by atoms with E-state index in [1.807, 2.05) is 6.92 Å². The van der Waals surface area contributed by atoms with E-state index >= 15 is 0 Å². The van der Waals surface area contributed by atoms with E-state index < -0.39 is 10.4 Å². The van der Waals surface area contributed by atoms with Gasteiger partial charge < -0.3 is 0 Å². The van der Waals surface area contributed by atoms with Crippen molar-refractivity contribution in [2.45, 2.75) is 102 Å². The molecule has 0 heterocycles. The van der Waals surface area contributed by atoms with E-state index in [9.17, 15) is 8.42 Å². The van der Waals surface area contributed by atoms with Gasteiger partial charge in [0.25, 0.3) is 0 Å². The Bertz CT molecular complexity index is 347. The molecule has 4 nitrogen and oxygen atoms in total. The molecule has 23 heavy (non-hydrogen) atoms. The van der Waals surface area contributed by atoms with Crippen LogP contribution in [0, 0.1) is 0 Å². The van der Waals surface area contributed by atoms with Gasteiger partial charge in [0.1, 0.15) is 0 Å². The van der Waals surface area contributed by atoms with Crippen molar-refractivity contribution in [1.82, 2.24) is 0 Å². The van der Waals surface area contributed by atoms with Crippen LogP contribution < -0.4 is 0 Å². The number of unbranched alkanes of at least 4 members (excludes halogenated alkanes) is 8. The maximum absolute atomic E-state index is 11.7. The van der Waals surface area contributed by atoms with E-state index in [0.29, 0.717) is 12.8 Å². The molecule has 0 aliphatic rings. The van der Waals surface area contributed by atoms with Crippen molar-refractivity contribution >= 4 is 26.4 Å². The van der Waals surface area contributed by atoms with Gasteiger partial charge in [-0.25, -0.2) is 0 Å². The summed E-state index contributed by atoms with van der Waals surface area (Å²) >= 11 is 2.41. The summed E-state index contributed by atoms with van der Waals surface area (Å²) in [5.74, 6) is 0. The Labute approximate surface area is 152 Å². The molecule has 0 aromatic rings. The van der Waals surface area contributed by atoms with Gasteiger partial charge in [-0.15, -0.1) is 0 Å². The third kappa shape index (κ3) is 15.6. The third-order valence-electron chi connectivity index (χ3n) is 3.87. The summed E-state index contributed by atoms with van der Waals surface area (Å²) < 4.78 is 33.4. The quantitative estimate of drug-likeness (QED) is 0.256. The minimum absolute atomic E-state index is 0.200. The van der Waals surface area contributed by atoms with Gasteiger partial charge in [0, 0.05) is 0 Å². The van der Waals surface area contributed by atoms with Crippen molar-refractivity contribution in [1.29, 1.82) is 0 Å². The summed E-state index contributed by atoms with van der Waals surface area (Å²) in [5, 5.41) is 0.845. The molecule has 0 aromatic heterocycles. The topological polar surface area (TPSA) is 52.6 Å². The van der Waals surface area contributed by atoms with Crippen LogP contribution in [0.4, 0.5) is 0 Å². The van der Waals surface area contributed by atoms with Gasteiger partial charge in [-0.1, -0.05) is 39.0 Å². The normalized spacial score (nSPS) is 13.3. The van der Waals surface area contributed by atoms with Crippen LogP contribution in [0.5, 0.6) is 0 Å². The number of hydrogen-bond acceptors (Lipinski definition) is 4. The van der Waals surface area contributed by atoms with Gasteiger partial charge in [0.05, 0.1) is 0 Å². The maximum atomic E-state index is 11.7. The molecule has 140 valence electrons. The van der Waals surface area contributed by atoms with Gasteiger partial charge in [-0.2, -0.15) is 0 Å². The van der Waals surface area contributed by atoms with Crippen molar-refractivity contribution in [2.75, 3.05) is 6.61 Å². The molecule has 0 saturated carbocycles. The second-order valence-electron chi connectivity index (χ2n) is 6.05. The van der Waals surface area contributed by atoms with Gasteiger partial charge in [-0.3, -0.25) is 0 Å². The van der Waals surface area contributed by atoms with Crippen LogP contribution >= 0.6 is 0 Å². The first-order chi connectivity index (χ1) is 11.1. The predicted octanol–water partition coefficient (Wildman–Crippen LogP) is 4.67. The van der Waals surface area contributed by atoms with Gasteiger partial charge >= 0.3 is 113 Å². The van der Waals surface area contributed by atoms with Crippen LogP contribution in [0.25, 0.3) is 0 Å². The SMILES string of the molecule is CCCCCCCCCCCC(CC)OS(=O)(=O)OCCC[SeH]. The molecule has 0 aromatic carbocycles. The van der Waals surface area contributed by atoms with Crippen LogP contribution in [0.2, 0.25) is 5.32 Å². The van der Waals surface area contributed by atoms with E-state index in [2.05, 4.69) is 22.9 Å². The standard InChI is InChI=1S/C17H36O4SSe/c1-3-5-6-7-8-9-10-11-12-14-17(4-2)21-22(18,19)20-15-13-16-23/h17,23H,3-16H2,1-2H3. The zero-order valence-corrected chi connectivity index (χ0v) is 17.7. The first-order valence-electron chi connectivity index (χ1n) is 9.24. The molecule has 0 aliphatic carbocycles. The van der Waals surface area contributed by atoms with Crippen molar-refractivity contribution in [3.05, 3.63) is 0 Å². The zero-order valence-electron chi connectivity index (χ0n) is 15.0. The molecule has 0 fully saturated rings. The Morgan fingerprint density at radius 3 is 1.96 bits per heavy atom. The fraction of sp³-hybridized carbons (Fsp3) is 1.00. The molecule has 0 bridgehead atoms. The molecular formula is C17H36O4SSe. The van der Waals surface area contributed by atoms with Crippen LogP contribution in [-0.2, 0) is 18.8 Å². The van der Waals surface area contributed by atoms with Crippen molar-refractivity contribution in [2.24, 2.45) is 0 Å². The summed E-state index contributed by atoms with van der Waals surface area (Å²) in [7, 11) is -3.83. The first-order valence-corrected chi connectivity index (χ1v) is 11.9. The Morgan fingerprint density at radius 2 is 1.43 bits per heavy atom. The zero-order chi connectivity index (χ0) is 17.4. The van der Waals surface area contributed by atoms with E-state index in [0.717, 1.165) is 24.6 Å². The molecule has 0 amide bonds. The van der Waals surface area contributed by atoms with Crippen molar-refractivity contribution in [3.8, 4) is 0 Å². The van der Waals surface area contributed by atoms with Crippen LogP contribution in [-0.4, -0.2) is 37.1 Å². The van der Waals surface area contributed by atoms with E-state index in [1.165, 1.54) is 44.9 Å². The van der Waals surface area contributed by atoms with Crippen LogP contribution in [0.3, 0.4) is 0 Å². The average molecular weight is 415 g/mol. The van der Waals surface area contributed by atoms with Gasteiger partial charge in [0.2, 0.25) is 0 Å². The molecule has 0 saturated heterocycles. The number of rotatable bonds is 17. The Balaban J connectivity index is 3.69. The summed E-state index contributed by atoms with van der Waals surface area (Å²) in [4.78, 5) is 0.